The summed E-state index contributed by atoms with van der Waals surface area (Å²) in [5, 5.41) is 0. The molecular weight excluding hydrogens is 226 g/mol. The van der Waals surface area contributed by atoms with Gasteiger partial charge >= 0.3 is 0 Å². The molecule has 0 fully saturated rings. The van der Waals surface area contributed by atoms with Gasteiger partial charge in [-0.2, -0.15) is 0 Å². The lowest BCUT2D eigenvalue weighted by Crippen LogP contribution is -2.26. The minimum absolute atomic E-state index is 0. The highest BCUT2D eigenvalue weighted by molar-refractivity contribution is 5.85. The Labute approximate surface area is 102 Å². The molecule has 16 heavy (non-hydrogen) atoms. The van der Waals surface area contributed by atoms with Crippen LogP contribution in [0.2, 0.25) is 0 Å². The lowest BCUT2D eigenvalue weighted by molar-refractivity contribution is 0.171. The summed E-state index contributed by atoms with van der Waals surface area (Å²) in [5.41, 5.74) is 7.25. The Balaban J connectivity index is 0.00000128. The van der Waals surface area contributed by atoms with Gasteiger partial charge in [-0.15, -0.1) is 12.4 Å². The molecule has 0 spiro atoms. The van der Waals surface area contributed by atoms with Crippen molar-refractivity contribution in [2.75, 3.05) is 6.79 Å². The molecule has 1 heterocycles. The fourth-order valence-electron chi connectivity index (χ4n) is 1.66. The monoisotopic (exact) mass is 243 g/mol. The van der Waals surface area contributed by atoms with Crippen LogP contribution in [0.25, 0.3) is 0 Å². The molecule has 1 aliphatic heterocycles. The van der Waals surface area contributed by atoms with Crippen LogP contribution in [0, 0.1) is 5.41 Å². The third-order valence-corrected chi connectivity index (χ3v) is 2.70. The van der Waals surface area contributed by atoms with Crippen LogP contribution in [0.1, 0.15) is 32.4 Å². The fourth-order valence-corrected chi connectivity index (χ4v) is 1.66. The van der Waals surface area contributed by atoms with Gasteiger partial charge in [0.2, 0.25) is 6.79 Å². The maximum Gasteiger partial charge on any atom is 0.231 e. The summed E-state index contributed by atoms with van der Waals surface area (Å²) in [6.07, 6.45) is 0. The van der Waals surface area contributed by atoms with Crippen molar-refractivity contribution in [1.29, 1.82) is 0 Å². The molecule has 0 amide bonds. The van der Waals surface area contributed by atoms with E-state index in [1.54, 1.807) is 0 Å². The summed E-state index contributed by atoms with van der Waals surface area (Å²) in [4.78, 5) is 0. The number of para-hydroxylation sites is 1. The maximum absolute atomic E-state index is 6.21. The Hall–Kier alpha value is -0.930. The second-order valence-corrected chi connectivity index (χ2v) is 4.92. The van der Waals surface area contributed by atoms with Crippen molar-refractivity contribution in [2.45, 2.75) is 26.8 Å². The van der Waals surface area contributed by atoms with Crippen molar-refractivity contribution in [3.8, 4) is 11.5 Å². The van der Waals surface area contributed by atoms with Gasteiger partial charge in [-0.25, -0.2) is 0 Å². The van der Waals surface area contributed by atoms with Crippen LogP contribution in [0.4, 0.5) is 0 Å². The standard InChI is InChI=1S/C12H17NO2.ClH/c1-12(2,3)11(13)8-5-4-6-9-10(8)15-7-14-9;/h4-6,11H,7,13H2,1-3H3;1H/t11-;/m0./s1. The summed E-state index contributed by atoms with van der Waals surface area (Å²) in [6, 6.07) is 5.81. The zero-order valence-corrected chi connectivity index (χ0v) is 10.6. The lowest BCUT2D eigenvalue weighted by atomic mass is 9.82. The van der Waals surface area contributed by atoms with Crippen LogP contribution < -0.4 is 15.2 Å². The molecule has 90 valence electrons. The molecular formula is C12H18ClNO2. The average Bonchev–Trinajstić information content (AvgIpc) is 2.62. The Morgan fingerprint density at radius 1 is 1.25 bits per heavy atom. The minimum Gasteiger partial charge on any atom is -0.454 e. The molecule has 0 aromatic heterocycles. The molecule has 4 heteroatoms. The first-order valence-corrected chi connectivity index (χ1v) is 5.14. The first kappa shape index (κ1) is 13.1. The van der Waals surface area contributed by atoms with Crippen LogP contribution in [-0.4, -0.2) is 6.79 Å². The van der Waals surface area contributed by atoms with Crippen LogP contribution in [0.15, 0.2) is 18.2 Å². The molecule has 1 aliphatic rings. The Bertz CT molecular complexity index is 374. The Kier molecular flexibility index (Phi) is 3.71. The second kappa shape index (κ2) is 4.52. The highest BCUT2D eigenvalue weighted by Gasteiger charge is 2.28. The van der Waals surface area contributed by atoms with Gasteiger partial charge in [0, 0.05) is 11.6 Å². The van der Waals surface area contributed by atoms with E-state index in [-0.39, 0.29) is 23.9 Å². The van der Waals surface area contributed by atoms with E-state index in [1.807, 2.05) is 18.2 Å². The van der Waals surface area contributed by atoms with E-state index < -0.39 is 0 Å². The van der Waals surface area contributed by atoms with Gasteiger partial charge in [0.05, 0.1) is 0 Å². The molecule has 1 aromatic carbocycles. The molecule has 0 radical (unpaired) electrons. The molecule has 0 bridgehead atoms. The number of benzene rings is 1. The van der Waals surface area contributed by atoms with Crippen molar-refractivity contribution in [1.82, 2.24) is 0 Å². The van der Waals surface area contributed by atoms with Gasteiger partial charge in [-0.1, -0.05) is 32.9 Å². The summed E-state index contributed by atoms with van der Waals surface area (Å²) in [6.45, 7) is 6.65. The predicted octanol–water partition coefficient (Wildman–Crippen LogP) is 2.88. The van der Waals surface area contributed by atoms with E-state index >= 15 is 0 Å². The second-order valence-electron chi connectivity index (χ2n) is 4.92. The molecule has 0 aliphatic carbocycles. The van der Waals surface area contributed by atoms with Crippen molar-refractivity contribution >= 4 is 12.4 Å². The number of hydrogen-bond acceptors (Lipinski definition) is 3. The highest BCUT2D eigenvalue weighted by Crippen LogP contribution is 2.42. The normalized spacial score (nSPS) is 15.5. The number of halogens is 1. The predicted molar refractivity (Wildman–Crippen MR) is 66.2 cm³/mol. The van der Waals surface area contributed by atoms with Gasteiger partial charge in [0.15, 0.2) is 11.5 Å². The molecule has 1 atom stereocenters. The molecule has 2 rings (SSSR count). The van der Waals surface area contributed by atoms with E-state index in [9.17, 15) is 0 Å². The zero-order chi connectivity index (χ0) is 11.1. The smallest absolute Gasteiger partial charge is 0.231 e. The summed E-state index contributed by atoms with van der Waals surface area (Å²) >= 11 is 0. The highest BCUT2D eigenvalue weighted by atomic mass is 35.5. The van der Waals surface area contributed by atoms with E-state index in [2.05, 4.69) is 20.8 Å². The third kappa shape index (κ3) is 2.25. The quantitative estimate of drug-likeness (QED) is 0.825. The summed E-state index contributed by atoms with van der Waals surface area (Å²) < 4.78 is 10.8. The van der Waals surface area contributed by atoms with Gasteiger partial charge in [-0.05, 0) is 11.5 Å². The van der Waals surface area contributed by atoms with Crippen LogP contribution in [-0.2, 0) is 0 Å². The minimum atomic E-state index is -0.0471. The maximum atomic E-state index is 6.21. The first-order chi connectivity index (χ1) is 7.00. The lowest BCUT2D eigenvalue weighted by Gasteiger charge is -2.28. The first-order valence-electron chi connectivity index (χ1n) is 5.14. The van der Waals surface area contributed by atoms with Gasteiger partial charge in [0.1, 0.15) is 0 Å². The largest absolute Gasteiger partial charge is 0.454 e. The SMILES string of the molecule is CC(C)(C)[C@@H](N)c1cccc2c1OCO2.Cl. The van der Waals surface area contributed by atoms with Crippen LogP contribution in [0.5, 0.6) is 11.5 Å². The molecule has 2 N–H and O–H groups in total. The van der Waals surface area contributed by atoms with Crippen LogP contribution in [0.3, 0.4) is 0 Å². The summed E-state index contributed by atoms with van der Waals surface area (Å²) in [5.74, 6) is 1.60. The molecule has 0 saturated carbocycles. The molecule has 3 nitrogen and oxygen atoms in total. The van der Waals surface area contributed by atoms with E-state index in [0.29, 0.717) is 6.79 Å². The van der Waals surface area contributed by atoms with Gasteiger partial charge in [-0.3, -0.25) is 0 Å². The van der Waals surface area contributed by atoms with Crippen molar-refractivity contribution < 1.29 is 9.47 Å². The fraction of sp³-hybridized carbons (Fsp3) is 0.500. The Morgan fingerprint density at radius 3 is 2.56 bits per heavy atom. The summed E-state index contributed by atoms with van der Waals surface area (Å²) in [7, 11) is 0. The number of nitrogens with two attached hydrogens (primary N) is 1. The van der Waals surface area contributed by atoms with Gasteiger partial charge in [0.25, 0.3) is 0 Å². The average molecular weight is 244 g/mol. The number of hydrogen-bond donors (Lipinski definition) is 1. The molecule has 1 aromatic rings. The number of ether oxygens (including phenoxy) is 2. The van der Waals surface area contributed by atoms with Gasteiger partial charge < -0.3 is 15.2 Å². The van der Waals surface area contributed by atoms with E-state index in [1.165, 1.54) is 0 Å². The van der Waals surface area contributed by atoms with Crippen LogP contribution >= 0.6 is 12.4 Å². The van der Waals surface area contributed by atoms with Crippen molar-refractivity contribution in [3.63, 3.8) is 0 Å². The third-order valence-electron chi connectivity index (χ3n) is 2.70. The van der Waals surface area contributed by atoms with Crippen molar-refractivity contribution in [2.24, 2.45) is 11.1 Å². The van der Waals surface area contributed by atoms with E-state index in [0.717, 1.165) is 17.1 Å². The number of fused-ring (bicyclic) bond motifs is 1. The molecule has 0 unspecified atom stereocenters. The topological polar surface area (TPSA) is 44.5 Å². The Morgan fingerprint density at radius 2 is 1.94 bits per heavy atom. The molecule has 0 saturated heterocycles. The van der Waals surface area contributed by atoms with E-state index in [4.69, 9.17) is 15.2 Å². The number of rotatable bonds is 1. The van der Waals surface area contributed by atoms with Crippen molar-refractivity contribution in [3.05, 3.63) is 23.8 Å². The zero-order valence-electron chi connectivity index (χ0n) is 9.82.